The first-order valence-electron chi connectivity index (χ1n) is 7.07. The zero-order valence-corrected chi connectivity index (χ0v) is 13.0. The minimum atomic E-state index is -0.317. The average Bonchev–Trinajstić information content (AvgIpc) is 2.47. The molecule has 1 unspecified atom stereocenters. The second kappa shape index (κ2) is 7.47. The number of carbonyl (C=O) groups is 2. The summed E-state index contributed by atoms with van der Waals surface area (Å²) < 4.78 is 0. The Balaban J connectivity index is 1.82. The van der Waals surface area contributed by atoms with Crippen LogP contribution in [0.2, 0.25) is 0 Å². The van der Waals surface area contributed by atoms with Gasteiger partial charge in [0.15, 0.2) is 0 Å². The largest absolute Gasteiger partial charge is 0.369 e. The van der Waals surface area contributed by atoms with E-state index in [1.807, 2.05) is 47.1 Å². The quantitative estimate of drug-likeness (QED) is 0.817. The topological polar surface area (TPSA) is 66.6 Å². The lowest BCUT2D eigenvalue weighted by Gasteiger charge is -2.35. The molecule has 0 saturated carbocycles. The van der Waals surface area contributed by atoms with Crippen LogP contribution in [0.25, 0.3) is 0 Å². The molecule has 21 heavy (non-hydrogen) atoms. The Morgan fingerprint density at radius 3 is 2.38 bits per heavy atom. The lowest BCUT2D eigenvalue weighted by atomic mass is 10.3. The molecule has 0 aliphatic carbocycles. The van der Waals surface area contributed by atoms with Crippen molar-refractivity contribution in [2.45, 2.75) is 17.1 Å². The van der Waals surface area contributed by atoms with Crippen molar-refractivity contribution in [2.24, 2.45) is 5.73 Å². The third-order valence-electron chi connectivity index (χ3n) is 3.47. The second-order valence-electron chi connectivity index (χ2n) is 5.14. The number of hydrogen-bond acceptors (Lipinski definition) is 4. The summed E-state index contributed by atoms with van der Waals surface area (Å²) in [5.74, 6) is -0.162. The number of amides is 2. The second-order valence-corrected chi connectivity index (χ2v) is 6.56. The Labute approximate surface area is 129 Å². The molecule has 1 aromatic carbocycles. The number of piperazine rings is 1. The van der Waals surface area contributed by atoms with E-state index in [0.717, 1.165) is 4.90 Å². The fourth-order valence-corrected chi connectivity index (χ4v) is 3.33. The number of nitrogens with zero attached hydrogens (tertiary/aromatic N) is 2. The van der Waals surface area contributed by atoms with Crippen molar-refractivity contribution in [3.05, 3.63) is 30.3 Å². The molecule has 1 saturated heterocycles. The Morgan fingerprint density at radius 2 is 1.81 bits per heavy atom. The zero-order chi connectivity index (χ0) is 15.2. The van der Waals surface area contributed by atoms with Gasteiger partial charge in [-0.15, -0.1) is 11.8 Å². The molecule has 1 fully saturated rings. The molecule has 0 bridgehead atoms. The Hall–Kier alpha value is -1.53. The molecule has 5 nitrogen and oxygen atoms in total. The summed E-state index contributed by atoms with van der Waals surface area (Å²) in [6.07, 6.45) is 0. The highest BCUT2D eigenvalue weighted by atomic mass is 32.2. The molecule has 2 N–H and O–H groups in total. The van der Waals surface area contributed by atoms with E-state index in [1.54, 1.807) is 11.8 Å². The highest BCUT2D eigenvalue weighted by Crippen LogP contribution is 2.24. The number of nitrogens with two attached hydrogens (primary N) is 1. The van der Waals surface area contributed by atoms with Crippen molar-refractivity contribution in [1.82, 2.24) is 9.80 Å². The lowest BCUT2D eigenvalue weighted by molar-refractivity contribution is -0.132. The van der Waals surface area contributed by atoms with Gasteiger partial charge >= 0.3 is 0 Å². The van der Waals surface area contributed by atoms with E-state index >= 15 is 0 Å². The van der Waals surface area contributed by atoms with Gasteiger partial charge in [-0.25, -0.2) is 0 Å². The third-order valence-corrected chi connectivity index (χ3v) is 4.57. The minimum absolute atomic E-state index is 0.102. The SMILES string of the molecule is CC(Sc1ccccc1)C(=O)N1CCN(CC(N)=O)CC1. The van der Waals surface area contributed by atoms with E-state index in [4.69, 9.17) is 5.73 Å². The standard InChI is InChI=1S/C15H21N3O2S/c1-12(21-13-5-3-2-4-6-13)15(20)18-9-7-17(8-10-18)11-14(16)19/h2-6,12H,7-11H2,1H3,(H2,16,19). The number of benzene rings is 1. The smallest absolute Gasteiger partial charge is 0.235 e. The molecule has 1 aromatic rings. The molecule has 6 heteroatoms. The predicted octanol–water partition coefficient (Wildman–Crippen LogP) is 0.797. The molecular formula is C15H21N3O2S. The van der Waals surface area contributed by atoms with Gasteiger partial charge in [0.05, 0.1) is 11.8 Å². The van der Waals surface area contributed by atoms with Crippen LogP contribution in [0.4, 0.5) is 0 Å². The van der Waals surface area contributed by atoms with Crippen molar-refractivity contribution < 1.29 is 9.59 Å². The molecule has 1 heterocycles. The fourth-order valence-electron chi connectivity index (χ4n) is 2.36. The monoisotopic (exact) mass is 307 g/mol. The molecule has 2 rings (SSSR count). The van der Waals surface area contributed by atoms with Crippen molar-refractivity contribution in [3.8, 4) is 0 Å². The first-order chi connectivity index (χ1) is 10.1. The van der Waals surface area contributed by atoms with Crippen LogP contribution < -0.4 is 5.73 Å². The Bertz CT molecular complexity index is 487. The van der Waals surface area contributed by atoms with Crippen LogP contribution in [-0.2, 0) is 9.59 Å². The number of thioether (sulfide) groups is 1. The van der Waals surface area contributed by atoms with Crippen molar-refractivity contribution in [2.75, 3.05) is 32.7 Å². The van der Waals surface area contributed by atoms with E-state index in [9.17, 15) is 9.59 Å². The molecule has 1 atom stereocenters. The number of rotatable bonds is 5. The molecule has 0 radical (unpaired) electrons. The molecule has 1 aliphatic rings. The maximum absolute atomic E-state index is 12.4. The van der Waals surface area contributed by atoms with Crippen LogP contribution >= 0.6 is 11.8 Å². The summed E-state index contributed by atoms with van der Waals surface area (Å²) in [4.78, 5) is 28.3. The molecule has 1 aliphatic heterocycles. The molecule has 2 amide bonds. The Morgan fingerprint density at radius 1 is 1.19 bits per heavy atom. The van der Waals surface area contributed by atoms with Crippen molar-refractivity contribution in [3.63, 3.8) is 0 Å². The molecular weight excluding hydrogens is 286 g/mol. The highest BCUT2D eigenvalue weighted by Gasteiger charge is 2.25. The lowest BCUT2D eigenvalue weighted by Crippen LogP contribution is -2.52. The van der Waals surface area contributed by atoms with Crippen LogP contribution in [0.3, 0.4) is 0 Å². The maximum atomic E-state index is 12.4. The van der Waals surface area contributed by atoms with Gasteiger partial charge in [0.2, 0.25) is 11.8 Å². The van der Waals surface area contributed by atoms with Crippen LogP contribution in [-0.4, -0.2) is 59.6 Å². The van der Waals surface area contributed by atoms with E-state index in [2.05, 4.69) is 0 Å². The van der Waals surface area contributed by atoms with E-state index in [-0.39, 0.29) is 23.6 Å². The van der Waals surface area contributed by atoms with Gasteiger partial charge in [-0.05, 0) is 19.1 Å². The summed E-state index contributed by atoms with van der Waals surface area (Å²) in [5, 5.41) is -0.102. The highest BCUT2D eigenvalue weighted by molar-refractivity contribution is 8.00. The van der Waals surface area contributed by atoms with Gasteiger partial charge in [-0.3, -0.25) is 14.5 Å². The summed E-state index contributed by atoms with van der Waals surface area (Å²) in [6, 6.07) is 9.94. The summed E-state index contributed by atoms with van der Waals surface area (Å²) in [6.45, 7) is 4.94. The third kappa shape index (κ3) is 4.75. The summed E-state index contributed by atoms with van der Waals surface area (Å²) >= 11 is 1.58. The normalized spacial score (nSPS) is 17.5. The summed E-state index contributed by atoms with van der Waals surface area (Å²) in [7, 11) is 0. The van der Waals surface area contributed by atoms with Gasteiger partial charge < -0.3 is 10.6 Å². The van der Waals surface area contributed by atoms with Crippen LogP contribution in [0.1, 0.15) is 6.92 Å². The first kappa shape index (κ1) is 15.9. The van der Waals surface area contributed by atoms with Crippen LogP contribution in [0.15, 0.2) is 35.2 Å². The predicted molar refractivity (Wildman–Crippen MR) is 84.0 cm³/mol. The first-order valence-corrected chi connectivity index (χ1v) is 7.95. The maximum Gasteiger partial charge on any atom is 0.235 e. The Kier molecular flexibility index (Phi) is 5.64. The molecule has 0 aromatic heterocycles. The fraction of sp³-hybridized carbons (Fsp3) is 0.467. The van der Waals surface area contributed by atoms with Gasteiger partial charge in [0, 0.05) is 31.1 Å². The van der Waals surface area contributed by atoms with Gasteiger partial charge in [0.1, 0.15) is 0 Å². The van der Waals surface area contributed by atoms with Gasteiger partial charge in [-0.2, -0.15) is 0 Å². The van der Waals surface area contributed by atoms with E-state index in [0.29, 0.717) is 26.2 Å². The van der Waals surface area contributed by atoms with Crippen molar-refractivity contribution >= 4 is 23.6 Å². The van der Waals surface area contributed by atoms with Crippen LogP contribution in [0, 0.1) is 0 Å². The number of primary amides is 1. The van der Waals surface area contributed by atoms with Gasteiger partial charge in [-0.1, -0.05) is 18.2 Å². The molecule has 114 valence electrons. The average molecular weight is 307 g/mol. The van der Waals surface area contributed by atoms with Gasteiger partial charge in [0.25, 0.3) is 0 Å². The zero-order valence-electron chi connectivity index (χ0n) is 12.2. The number of hydrogen-bond donors (Lipinski definition) is 1. The van der Waals surface area contributed by atoms with E-state index in [1.165, 1.54) is 0 Å². The van der Waals surface area contributed by atoms with E-state index < -0.39 is 0 Å². The minimum Gasteiger partial charge on any atom is -0.369 e. The van der Waals surface area contributed by atoms with Crippen molar-refractivity contribution in [1.29, 1.82) is 0 Å². The number of carbonyl (C=O) groups excluding carboxylic acids is 2. The van der Waals surface area contributed by atoms with Crippen LogP contribution in [0.5, 0.6) is 0 Å². The molecule has 0 spiro atoms. The summed E-state index contributed by atoms with van der Waals surface area (Å²) in [5.41, 5.74) is 5.19.